The Bertz CT molecular complexity index is 1200. The number of halogens is 1. The van der Waals surface area contributed by atoms with Crippen LogP contribution in [0.2, 0.25) is 0 Å². The summed E-state index contributed by atoms with van der Waals surface area (Å²) >= 11 is 0. The molecule has 174 valence electrons. The maximum absolute atomic E-state index is 13.7. The van der Waals surface area contributed by atoms with Crippen molar-refractivity contribution in [3.05, 3.63) is 102 Å². The minimum absolute atomic E-state index is 0.0192. The lowest BCUT2D eigenvalue weighted by molar-refractivity contribution is -0.120. The zero-order valence-electron chi connectivity index (χ0n) is 19.5. The molecule has 1 heterocycles. The molecule has 3 aromatic rings. The Labute approximate surface area is 199 Å². The Hall–Kier alpha value is -3.93. The second-order valence-corrected chi connectivity index (χ2v) is 8.34. The van der Waals surface area contributed by atoms with Crippen LogP contribution in [0.3, 0.4) is 0 Å². The summed E-state index contributed by atoms with van der Waals surface area (Å²) in [4.78, 5) is 30.3. The SMILES string of the molecule is CCN(Cc1ccccc1)C1=C(c2ccc(OC(C)C)cc2)C(=O)N(c2ccc(F)cc2)C1=O. The number of hydrogen-bond acceptors (Lipinski definition) is 4. The summed E-state index contributed by atoms with van der Waals surface area (Å²) in [6.45, 7) is 6.83. The molecule has 0 atom stereocenters. The molecule has 0 N–H and O–H groups in total. The molecular weight excluding hydrogens is 431 g/mol. The number of rotatable bonds is 8. The quantitative estimate of drug-likeness (QED) is 0.423. The van der Waals surface area contributed by atoms with Crippen molar-refractivity contribution in [1.29, 1.82) is 0 Å². The van der Waals surface area contributed by atoms with E-state index < -0.39 is 17.6 Å². The third-order valence-electron chi connectivity index (χ3n) is 5.57. The van der Waals surface area contributed by atoms with E-state index in [2.05, 4.69) is 0 Å². The zero-order valence-corrected chi connectivity index (χ0v) is 19.5. The van der Waals surface area contributed by atoms with Gasteiger partial charge in [0.1, 0.15) is 17.3 Å². The molecular formula is C28H27FN2O3. The van der Waals surface area contributed by atoms with E-state index >= 15 is 0 Å². The highest BCUT2D eigenvalue weighted by molar-refractivity contribution is 6.45. The van der Waals surface area contributed by atoms with Crippen molar-refractivity contribution in [1.82, 2.24) is 4.90 Å². The summed E-state index contributed by atoms with van der Waals surface area (Å²) in [6, 6.07) is 22.4. The topological polar surface area (TPSA) is 49.9 Å². The first-order valence-electron chi connectivity index (χ1n) is 11.3. The molecule has 0 spiro atoms. The molecule has 0 saturated heterocycles. The average Bonchev–Trinajstić information content (AvgIpc) is 3.09. The summed E-state index contributed by atoms with van der Waals surface area (Å²) in [5.41, 5.74) is 2.64. The monoisotopic (exact) mass is 458 g/mol. The number of carbonyl (C=O) groups is 2. The van der Waals surface area contributed by atoms with Crippen molar-refractivity contribution < 1.29 is 18.7 Å². The molecule has 0 aliphatic carbocycles. The lowest BCUT2D eigenvalue weighted by Crippen LogP contribution is -2.35. The predicted molar refractivity (Wildman–Crippen MR) is 131 cm³/mol. The van der Waals surface area contributed by atoms with Crippen molar-refractivity contribution in [2.75, 3.05) is 11.4 Å². The fourth-order valence-electron chi connectivity index (χ4n) is 4.02. The molecule has 6 heteroatoms. The number of ether oxygens (including phenoxy) is 1. The Morgan fingerprint density at radius 3 is 2.12 bits per heavy atom. The van der Waals surface area contributed by atoms with Crippen molar-refractivity contribution in [2.24, 2.45) is 0 Å². The van der Waals surface area contributed by atoms with Crippen LogP contribution in [0.15, 0.2) is 84.6 Å². The van der Waals surface area contributed by atoms with E-state index in [-0.39, 0.29) is 6.10 Å². The van der Waals surface area contributed by atoms with Gasteiger partial charge in [-0.3, -0.25) is 9.59 Å². The smallest absolute Gasteiger partial charge is 0.282 e. The van der Waals surface area contributed by atoms with Crippen LogP contribution in [-0.4, -0.2) is 29.4 Å². The molecule has 0 fully saturated rings. The first-order valence-corrected chi connectivity index (χ1v) is 11.3. The Morgan fingerprint density at radius 2 is 1.53 bits per heavy atom. The standard InChI is InChI=1S/C28H27FN2O3/c1-4-30(18-20-8-6-5-7-9-20)26-25(21-10-16-24(17-11-21)34-19(2)3)27(32)31(28(26)33)23-14-12-22(29)13-15-23/h5-17,19H,4,18H2,1-3H3. The second-order valence-electron chi connectivity index (χ2n) is 8.34. The van der Waals surface area contributed by atoms with Crippen LogP contribution in [0.25, 0.3) is 5.57 Å². The lowest BCUT2D eigenvalue weighted by Gasteiger charge is -2.25. The van der Waals surface area contributed by atoms with Crippen LogP contribution in [0.1, 0.15) is 31.9 Å². The van der Waals surface area contributed by atoms with Gasteiger partial charge < -0.3 is 9.64 Å². The van der Waals surface area contributed by atoms with Crippen LogP contribution in [-0.2, 0) is 16.1 Å². The van der Waals surface area contributed by atoms with E-state index in [1.54, 1.807) is 24.3 Å². The molecule has 3 aromatic carbocycles. The molecule has 0 bridgehead atoms. The van der Waals surface area contributed by atoms with Gasteiger partial charge in [-0.2, -0.15) is 0 Å². The van der Waals surface area contributed by atoms with Crippen molar-refractivity contribution in [2.45, 2.75) is 33.4 Å². The fourth-order valence-corrected chi connectivity index (χ4v) is 4.02. The number of amides is 2. The van der Waals surface area contributed by atoms with Crippen LogP contribution in [0.5, 0.6) is 5.75 Å². The fraction of sp³-hybridized carbons (Fsp3) is 0.214. The maximum atomic E-state index is 13.7. The molecule has 4 rings (SSSR count). The van der Waals surface area contributed by atoms with Gasteiger partial charge in [0.05, 0.1) is 17.4 Å². The maximum Gasteiger partial charge on any atom is 0.282 e. The normalized spacial score (nSPS) is 13.7. The van der Waals surface area contributed by atoms with E-state index in [1.165, 1.54) is 24.3 Å². The van der Waals surface area contributed by atoms with Crippen LogP contribution in [0.4, 0.5) is 10.1 Å². The van der Waals surface area contributed by atoms with Gasteiger partial charge in [0.25, 0.3) is 11.8 Å². The highest BCUT2D eigenvalue weighted by atomic mass is 19.1. The number of anilines is 1. The minimum Gasteiger partial charge on any atom is -0.491 e. The van der Waals surface area contributed by atoms with E-state index in [4.69, 9.17) is 4.74 Å². The summed E-state index contributed by atoms with van der Waals surface area (Å²) in [5.74, 6) is -0.608. The van der Waals surface area contributed by atoms with Gasteiger partial charge in [0, 0.05) is 13.1 Å². The summed E-state index contributed by atoms with van der Waals surface area (Å²) < 4.78 is 19.3. The van der Waals surface area contributed by atoms with Gasteiger partial charge in [-0.15, -0.1) is 0 Å². The van der Waals surface area contributed by atoms with Gasteiger partial charge in [-0.1, -0.05) is 42.5 Å². The van der Waals surface area contributed by atoms with Gasteiger partial charge in [-0.25, -0.2) is 9.29 Å². The van der Waals surface area contributed by atoms with E-state index in [0.29, 0.717) is 41.4 Å². The number of imide groups is 1. The number of benzene rings is 3. The molecule has 5 nitrogen and oxygen atoms in total. The highest BCUT2D eigenvalue weighted by Gasteiger charge is 2.42. The van der Waals surface area contributed by atoms with Crippen molar-refractivity contribution in [3.63, 3.8) is 0 Å². The second kappa shape index (κ2) is 9.91. The third kappa shape index (κ3) is 4.71. The summed E-state index contributed by atoms with van der Waals surface area (Å²) in [7, 11) is 0. The van der Waals surface area contributed by atoms with Crippen LogP contribution in [0, 0.1) is 5.82 Å². The molecule has 0 saturated carbocycles. The molecule has 1 aliphatic rings. The third-order valence-corrected chi connectivity index (χ3v) is 5.57. The Balaban J connectivity index is 1.79. The minimum atomic E-state index is -0.435. The number of hydrogen-bond donors (Lipinski definition) is 0. The van der Waals surface area contributed by atoms with Crippen molar-refractivity contribution >= 4 is 23.1 Å². The molecule has 2 amide bonds. The number of carbonyl (C=O) groups excluding carboxylic acids is 2. The number of likely N-dealkylation sites (N-methyl/N-ethyl adjacent to an activating group) is 1. The average molecular weight is 459 g/mol. The highest BCUT2D eigenvalue weighted by Crippen LogP contribution is 2.36. The zero-order chi connectivity index (χ0) is 24.2. The molecule has 1 aliphatic heterocycles. The lowest BCUT2D eigenvalue weighted by atomic mass is 10.0. The van der Waals surface area contributed by atoms with Gasteiger partial charge in [0.15, 0.2) is 0 Å². The number of nitrogens with zero attached hydrogens (tertiary/aromatic N) is 2. The molecule has 34 heavy (non-hydrogen) atoms. The molecule has 0 unspecified atom stereocenters. The van der Waals surface area contributed by atoms with Gasteiger partial charge in [-0.05, 0) is 68.3 Å². The van der Waals surface area contributed by atoms with Gasteiger partial charge >= 0.3 is 0 Å². The van der Waals surface area contributed by atoms with Gasteiger partial charge in [0.2, 0.25) is 0 Å². The largest absolute Gasteiger partial charge is 0.491 e. The Kier molecular flexibility index (Phi) is 6.77. The summed E-state index contributed by atoms with van der Waals surface area (Å²) in [5, 5.41) is 0. The molecule has 0 aromatic heterocycles. The first-order chi connectivity index (χ1) is 16.4. The van der Waals surface area contributed by atoms with Crippen LogP contribution < -0.4 is 9.64 Å². The predicted octanol–water partition coefficient (Wildman–Crippen LogP) is 5.42. The van der Waals surface area contributed by atoms with E-state index in [0.717, 1.165) is 10.5 Å². The first kappa shape index (κ1) is 23.2. The van der Waals surface area contributed by atoms with E-state index in [1.807, 2.05) is 56.0 Å². The van der Waals surface area contributed by atoms with Crippen molar-refractivity contribution in [3.8, 4) is 5.75 Å². The van der Waals surface area contributed by atoms with Crippen LogP contribution >= 0.6 is 0 Å². The van der Waals surface area contributed by atoms with E-state index in [9.17, 15) is 14.0 Å². The Morgan fingerprint density at radius 1 is 0.882 bits per heavy atom. The molecule has 0 radical (unpaired) electrons. The summed E-state index contributed by atoms with van der Waals surface area (Å²) in [6.07, 6.45) is 0.0192.